The van der Waals surface area contributed by atoms with Crippen LogP contribution in [0.25, 0.3) is 10.5 Å². The number of hydrogen-bond acceptors (Lipinski definition) is 4. The first-order valence-corrected chi connectivity index (χ1v) is 10.8. The first-order chi connectivity index (χ1) is 15.6. The topological polar surface area (TPSA) is 63.8 Å². The SMILES string of the molecule is [C-]#[N+]c1nn(-c2ccc(OC)cc2)c2c1CCN(c1ccc(C3(CNC)CC3)cc1)C2=O. The van der Waals surface area contributed by atoms with E-state index in [0.717, 1.165) is 29.2 Å². The van der Waals surface area contributed by atoms with Gasteiger partial charge in [0.1, 0.15) is 11.4 Å². The number of likely N-dealkylation sites (N-methyl/N-ethyl adjacent to an activating group) is 1. The number of aromatic nitrogens is 2. The van der Waals surface area contributed by atoms with Crippen LogP contribution in [0.3, 0.4) is 0 Å². The van der Waals surface area contributed by atoms with Crippen molar-refractivity contribution in [2.45, 2.75) is 24.7 Å². The Hall–Kier alpha value is -3.63. The van der Waals surface area contributed by atoms with E-state index in [1.807, 2.05) is 43.4 Å². The van der Waals surface area contributed by atoms with E-state index in [0.29, 0.717) is 24.5 Å². The van der Waals surface area contributed by atoms with Gasteiger partial charge in [-0.1, -0.05) is 18.7 Å². The molecule has 7 heteroatoms. The molecule has 0 unspecified atom stereocenters. The lowest BCUT2D eigenvalue weighted by Gasteiger charge is -2.28. The highest BCUT2D eigenvalue weighted by Gasteiger charge is 2.43. The van der Waals surface area contributed by atoms with Crippen LogP contribution in [0.15, 0.2) is 48.5 Å². The minimum Gasteiger partial charge on any atom is -0.497 e. The highest BCUT2D eigenvalue weighted by atomic mass is 16.5. The quantitative estimate of drug-likeness (QED) is 0.607. The number of fused-ring (bicyclic) bond motifs is 1. The van der Waals surface area contributed by atoms with Gasteiger partial charge >= 0.3 is 0 Å². The summed E-state index contributed by atoms with van der Waals surface area (Å²) in [6.07, 6.45) is 2.99. The Morgan fingerprint density at radius 2 is 1.81 bits per heavy atom. The molecule has 2 heterocycles. The number of carbonyl (C=O) groups excluding carboxylic acids is 1. The molecule has 7 nitrogen and oxygen atoms in total. The van der Waals surface area contributed by atoms with E-state index < -0.39 is 0 Å². The smallest absolute Gasteiger partial charge is 0.300 e. The monoisotopic (exact) mass is 427 g/mol. The Kier molecular flexibility index (Phi) is 4.95. The number of nitrogens with one attached hydrogen (secondary N) is 1. The predicted molar refractivity (Wildman–Crippen MR) is 123 cm³/mol. The highest BCUT2D eigenvalue weighted by Crippen LogP contribution is 2.48. The van der Waals surface area contributed by atoms with Gasteiger partial charge in [0, 0.05) is 29.8 Å². The predicted octanol–water partition coefficient (Wildman–Crippen LogP) is 3.89. The second-order valence-electron chi connectivity index (χ2n) is 8.44. The van der Waals surface area contributed by atoms with Gasteiger partial charge in [-0.15, -0.1) is 0 Å². The van der Waals surface area contributed by atoms with Crippen molar-refractivity contribution in [2.24, 2.45) is 0 Å². The Morgan fingerprint density at radius 3 is 2.41 bits per heavy atom. The van der Waals surface area contributed by atoms with E-state index in [2.05, 4.69) is 27.4 Å². The molecule has 162 valence electrons. The number of ether oxygens (including phenoxy) is 1. The van der Waals surface area contributed by atoms with Crippen molar-refractivity contribution < 1.29 is 9.53 Å². The molecule has 0 bridgehead atoms. The normalized spacial score (nSPS) is 16.4. The molecule has 0 atom stereocenters. The third-order valence-electron chi connectivity index (χ3n) is 6.58. The van der Waals surface area contributed by atoms with Crippen LogP contribution in [0.4, 0.5) is 11.5 Å². The number of amides is 1. The zero-order valence-electron chi connectivity index (χ0n) is 18.3. The molecule has 2 aliphatic rings. The van der Waals surface area contributed by atoms with Gasteiger partial charge in [0.15, 0.2) is 0 Å². The fourth-order valence-corrected chi connectivity index (χ4v) is 4.64. The summed E-state index contributed by atoms with van der Waals surface area (Å²) in [5, 5.41) is 7.75. The molecule has 1 saturated carbocycles. The summed E-state index contributed by atoms with van der Waals surface area (Å²) in [7, 11) is 3.60. The maximum Gasteiger partial charge on any atom is 0.300 e. The van der Waals surface area contributed by atoms with Gasteiger partial charge in [-0.2, -0.15) is 4.68 Å². The molecule has 1 aliphatic carbocycles. The first-order valence-electron chi connectivity index (χ1n) is 10.8. The molecule has 1 fully saturated rings. The minimum atomic E-state index is -0.131. The van der Waals surface area contributed by atoms with Crippen LogP contribution in [0.1, 0.15) is 34.5 Å². The van der Waals surface area contributed by atoms with Crippen molar-refractivity contribution in [2.75, 3.05) is 32.1 Å². The summed E-state index contributed by atoms with van der Waals surface area (Å²) in [4.78, 5) is 19.0. The van der Waals surface area contributed by atoms with Gasteiger partial charge in [-0.3, -0.25) is 4.79 Å². The van der Waals surface area contributed by atoms with Crippen LogP contribution in [0, 0.1) is 6.57 Å². The number of methoxy groups -OCH3 is 1. The summed E-state index contributed by atoms with van der Waals surface area (Å²) in [5.41, 5.74) is 4.34. The molecule has 32 heavy (non-hydrogen) atoms. The molecule has 2 aromatic carbocycles. The fraction of sp³-hybridized carbons (Fsp3) is 0.320. The number of hydrogen-bond donors (Lipinski definition) is 1. The Balaban J connectivity index is 1.49. The lowest BCUT2D eigenvalue weighted by molar-refractivity contribution is 0.0973. The second-order valence-corrected chi connectivity index (χ2v) is 8.44. The molecule has 1 aromatic heterocycles. The average Bonchev–Trinajstić information content (AvgIpc) is 3.52. The Bertz CT molecular complexity index is 1200. The van der Waals surface area contributed by atoms with E-state index in [1.165, 1.54) is 18.4 Å². The fourth-order valence-electron chi connectivity index (χ4n) is 4.64. The maximum absolute atomic E-state index is 13.6. The van der Waals surface area contributed by atoms with Crippen molar-refractivity contribution in [3.63, 3.8) is 0 Å². The van der Waals surface area contributed by atoms with E-state index in [-0.39, 0.29) is 11.3 Å². The van der Waals surface area contributed by atoms with E-state index in [1.54, 1.807) is 16.7 Å². The van der Waals surface area contributed by atoms with Crippen molar-refractivity contribution in [3.05, 3.63) is 76.8 Å². The molecule has 1 amide bonds. The third-order valence-corrected chi connectivity index (χ3v) is 6.58. The van der Waals surface area contributed by atoms with Crippen LogP contribution in [0.2, 0.25) is 0 Å². The highest BCUT2D eigenvalue weighted by molar-refractivity contribution is 6.08. The van der Waals surface area contributed by atoms with Crippen LogP contribution in [0.5, 0.6) is 5.75 Å². The van der Waals surface area contributed by atoms with E-state index in [4.69, 9.17) is 11.3 Å². The zero-order chi connectivity index (χ0) is 22.3. The van der Waals surface area contributed by atoms with Gasteiger partial charge in [0.2, 0.25) is 0 Å². The molecule has 1 N–H and O–H groups in total. The molecule has 0 radical (unpaired) electrons. The summed E-state index contributed by atoms with van der Waals surface area (Å²) in [6, 6.07) is 15.7. The standard InChI is InChI=1S/C25H25N5O2/c1-26-16-25(13-14-25)17-4-6-18(7-5-17)29-15-12-21-22(24(29)31)30(28-23(21)27-2)19-8-10-20(32-3)11-9-19/h4-11,26H,12-16H2,1,3H3. The summed E-state index contributed by atoms with van der Waals surface area (Å²) < 4.78 is 6.83. The number of rotatable bonds is 6. The molecule has 0 spiro atoms. The van der Waals surface area contributed by atoms with E-state index >= 15 is 0 Å². The number of carbonyl (C=O) groups is 1. The van der Waals surface area contributed by atoms with Crippen molar-refractivity contribution >= 4 is 17.4 Å². The van der Waals surface area contributed by atoms with Crippen LogP contribution in [-0.4, -0.2) is 42.9 Å². The lowest BCUT2D eigenvalue weighted by atomic mass is 9.95. The van der Waals surface area contributed by atoms with Crippen molar-refractivity contribution in [1.82, 2.24) is 15.1 Å². The molecular weight excluding hydrogens is 402 g/mol. The van der Waals surface area contributed by atoms with Gasteiger partial charge in [-0.25, -0.2) is 0 Å². The molecular formula is C25H25N5O2. The second kappa shape index (κ2) is 7.81. The number of benzene rings is 2. The van der Waals surface area contributed by atoms with E-state index in [9.17, 15) is 4.79 Å². The first kappa shape index (κ1) is 20.3. The molecule has 3 aromatic rings. The average molecular weight is 428 g/mol. The molecule has 5 rings (SSSR count). The van der Waals surface area contributed by atoms with Crippen molar-refractivity contribution in [3.8, 4) is 11.4 Å². The Labute approximate surface area is 187 Å². The summed E-state index contributed by atoms with van der Waals surface area (Å²) in [6.45, 7) is 9.03. The zero-order valence-corrected chi connectivity index (χ0v) is 18.3. The van der Waals surface area contributed by atoms with Crippen LogP contribution >= 0.6 is 0 Å². The van der Waals surface area contributed by atoms with Crippen LogP contribution < -0.4 is 15.0 Å². The summed E-state index contributed by atoms with van der Waals surface area (Å²) in [5.74, 6) is 0.885. The Morgan fingerprint density at radius 1 is 1.12 bits per heavy atom. The van der Waals surface area contributed by atoms with Crippen molar-refractivity contribution in [1.29, 1.82) is 0 Å². The third kappa shape index (κ3) is 3.24. The maximum atomic E-state index is 13.6. The molecule has 1 aliphatic heterocycles. The minimum absolute atomic E-state index is 0.131. The number of nitrogens with zero attached hydrogens (tertiary/aromatic N) is 4. The number of anilines is 1. The van der Waals surface area contributed by atoms with Gasteiger partial charge in [0.25, 0.3) is 11.7 Å². The largest absolute Gasteiger partial charge is 0.497 e. The van der Waals surface area contributed by atoms with Gasteiger partial charge in [0.05, 0.1) is 12.8 Å². The lowest BCUT2D eigenvalue weighted by Crippen LogP contribution is -2.38. The summed E-state index contributed by atoms with van der Waals surface area (Å²) >= 11 is 0. The van der Waals surface area contributed by atoms with Gasteiger partial charge < -0.3 is 19.8 Å². The molecule has 0 saturated heterocycles. The van der Waals surface area contributed by atoms with Crippen LogP contribution in [-0.2, 0) is 11.8 Å². The van der Waals surface area contributed by atoms with Gasteiger partial charge in [-0.05, 0) is 73.4 Å².